The molecule has 4 heteroatoms. The molecule has 0 aliphatic carbocycles. The maximum absolute atomic E-state index is 6.37. The Labute approximate surface area is 182 Å². The van der Waals surface area contributed by atoms with Crippen LogP contribution in [0, 0.1) is 0 Å². The highest BCUT2D eigenvalue weighted by atomic mass is 16.7. The number of aryl methyl sites for hydroxylation is 1. The van der Waals surface area contributed by atoms with E-state index in [0.29, 0.717) is 0 Å². The molecule has 0 amide bonds. The molecular weight excluding hydrogens is 371 g/mol. The summed E-state index contributed by atoms with van der Waals surface area (Å²) in [6, 6.07) is 18.9. The number of hydrogen-bond acceptors (Lipinski definition) is 3. The van der Waals surface area contributed by atoms with Gasteiger partial charge in [0.2, 0.25) is 0 Å². The monoisotopic (exact) mass is 406 g/mol. The Bertz CT molecular complexity index is 796. The average molecular weight is 406 g/mol. The smallest absolute Gasteiger partial charge is 0.465 e. The van der Waals surface area contributed by atoms with Crippen molar-refractivity contribution in [2.75, 3.05) is 7.11 Å². The van der Waals surface area contributed by atoms with Gasteiger partial charge in [0, 0.05) is 5.82 Å². The molecule has 1 atom stereocenters. The molecule has 160 valence electrons. The van der Waals surface area contributed by atoms with Gasteiger partial charge in [-0.15, -0.1) is 0 Å². The number of hydrogen-bond donors (Lipinski definition) is 0. The van der Waals surface area contributed by atoms with Crippen molar-refractivity contribution in [1.82, 2.24) is 0 Å². The fourth-order valence-electron chi connectivity index (χ4n) is 3.69. The molecule has 0 bridgehead atoms. The molecule has 1 aliphatic heterocycles. The van der Waals surface area contributed by atoms with Crippen LogP contribution < -0.4 is 4.74 Å². The van der Waals surface area contributed by atoms with E-state index in [2.05, 4.69) is 82.3 Å². The zero-order valence-corrected chi connectivity index (χ0v) is 19.1. The predicted molar refractivity (Wildman–Crippen MR) is 125 cm³/mol. The van der Waals surface area contributed by atoms with E-state index in [9.17, 15) is 0 Å². The molecule has 3 nitrogen and oxygen atoms in total. The summed E-state index contributed by atoms with van der Waals surface area (Å²) >= 11 is 0. The highest BCUT2D eigenvalue weighted by molar-refractivity contribution is 6.48. The first-order chi connectivity index (χ1) is 14.3. The zero-order chi connectivity index (χ0) is 21.6. The Morgan fingerprint density at radius 2 is 1.53 bits per heavy atom. The Balaban J connectivity index is 1.65. The lowest BCUT2D eigenvalue weighted by atomic mass is 9.68. The number of ether oxygens (including phenoxy) is 1. The van der Waals surface area contributed by atoms with Gasteiger partial charge in [0.1, 0.15) is 5.75 Å². The van der Waals surface area contributed by atoms with Crippen molar-refractivity contribution in [1.29, 1.82) is 0 Å². The third-order valence-electron chi connectivity index (χ3n) is 6.31. The van der Waals surface area contributed by atoms with Gasteiger partial charge in [0.15, 0.2) is 0 Å². The minimum Gasteiger partial charge on any atom is -0.497 e. The van der Waals surface area contributed by atoms with Crippen LogP contribution in [0.2, 0.25) is 5.82 Å². The van der Waals surface area contributed by atoms with Gasteiger partial charge in [-0.3, -0.25) is 0 Å². The van der Waals surface area contributed by atoms with E-state index in [1.807, 2.05) is 12.1 Å². The molecule has 1 unspecified atom stereocenters. The fourth-order valence-corrected chi connectivity index (χ4v) is 3.69. The second-order valence-electron chi connectivity index (χ2n) is 9.15. The highest BCUT2D eigenvalue weighted by Gasteiger charge is 2.53. The summed E-state index contributed by atoms with van der Waals surface area (Å²) in [6.45, 7) is 8.45. The van der Waals surface area contributed by atoms with Crippen LogP contribution in [-0.4, -0.2) is 25.4 Å². The molecule has 0 saturated carbocycles. The van der Waals surface area contributed by atoms with Crippen LogP contribution in [0.3, 0.4) is 0 Å². The van der Waals surface area contributed by atoms with Crippen molar-refractivity contribution in [2.24, 2.45) is 0 Å². The Morgan fingerprint density at radius 3 is 2.13 bits per heavy atom. The lowest BCUT2D eigenvalue weighted by Crippen LogP contribution is -2.41. The molecule has 0 N–H and O–H groups in total. The molecule has 0 aromatic heterocycles. The maximum Gasteiger partial charge on any atom is 0.465 e. The van der Waals surface area contributed by atoms with E-state index >= 15 is 0 Å². The predicted octanol–water partition coefficient (Wildman–Crippen LogP) is 6.28. The first-order valence-electron chi connectivity index (χ1n) is 11.0. The van der Waals surface area contributed by atoms with Gasteiger partial charge in [0.25, 0.3) is 0 Å². The van der Waals surface area contributed by atoms with Crippen LogP contribution in [0.1, 0.15) is 51.7 Å². The van der Waals surface area contributed by atoms with E-state index < -0.39 is 0 Å². The zero-order valence-electron chi connectivity index (χ0n) is 19.1. The second-order valence-corrected chi connectivity index (χ2v) is 9.15. The molecule has 0 radical (unpaired) electrons. The van der Waals surface area contributed by atoms with Gasteiger partial charge in [-0.25, -0.2) is 0 Å². The molecule has 1 fully saturated rings. The second kappa shape index (κ2) is 9.85. The average Bonchev–Trinajstić information content (AvgIpc) is 2.95. The Hall–Kier alpha value is -2.04. The fraction of sp³-hybridized carbons (Fsp3) is 0.462. The van der Waals surface area contributed by atoms with Crippen molar-refractivity contribution >= 4 is 7.12 Å². The minimum absolute atomic E-state index is 0.163. The van der Waals surface area contributed by atoms with Crippen LogP contribution in [-0.2, 0) is 22.2 Å². The van der Waals surface area contributed by atoms with E-state index in [1.54, 1.807) is 7.11 Å². The van der Waals surface area contributed by atoms with Crippen molar-refractivity contribution in [3.8, 4) is 5.75 Å². The number of benzene rings is 2. The summed E-state index contributed by atoms with van der Waals surface area (Å²) in [5.41, 5.74) is 2.00. The number of unbranched alkanes of at least 4 members (excludes halogenated alkanes) is 1. The number of methoxy groups -OCH3 is 1. The number of allylic oxidation sites excluding steroid dienone is 2. The lowest BCUT2D eigenvalue weighted by Gasteiger charge is -2.32. The molecule has 30 heavy (non-hydrogen) atoms. The molecule has 0 spiro atoms. The van der Waals surface area contributed by atoms with Gasteiger partial charge < -0.3 is 14.0 Å². The summed E-state index contributed by atoms with van der Waals surface area (Å²) in [7, 11) is 1.45. The van der Waals surface area contributed by atoms with E-state index in [-0.39, 0.29) is 24.1 Å². The molecule has 2 aromatic rings. The summed E-state index contributed by atoms with van der Waals surface area (Å²) in [4.78, 5) is 0. The molecule has 1 saturated heterocycles. The molecule has 1 aliphatic rings. The maximum atomic E-state index is 6.37. The Morgan fingerprint density at radius 1 is 0.900 bits per heavy atom. The third kappa shape index (κ3) is 5.77. The van der Waals surface area contributed by atoms with Crippen LogP contribution in [0.4, 0.5) is 0 Å². The number of rotatable bonds is 9. The Kier molecular flexibility index (Phi) is 7.43. The van der Waals surface area contributed by atoms with Crippen LogP contribution in [0.15, 0.2) is 66.7 Å². The van der Waals surface area contributed by atoms with Crippen LogP contribution in [0.25, 0.3) is 0 Å². The van der Waals surface area contributed by atoms with E-state index in [4.69, 9.17) is 14.0 Å². The normalized spacial score (nSPS) is 18.6. The van der Waals surface area contributed by atoms with E-state index in [1.165, 1.54) is 11.1 Å². The molecule has 2 aromatic carbocycles. The summed E-state index contributed by atoms with van der Waals surface area (Å²) in [6.07, 6.45) is 8.74. The highest BCUT2D eigenvalue weighted by Crippen LogP contribution is 2.41. The van der Waals surface area contributed by atoms with Gasteiger partial charge in [-0.2, -0.15) is 0 Å². The topological polar surface area (TPSA) is 27.7 Å². The van der Waals surface area contributed by atoms with Gasteiger partial charge in [0.05, 0.1) is 18.3 Å². The largest absolute Gasteiger partial charge is 0.497 e. The third-order valence-corrected chi connectivity index (χ3v) is 6.31. The van der Waals surface area contributed by atoms with Crippen molar-refractivity contribution < 1.29 is 14.0 Å². The molecule has 1 heterocycles. The minimum atomic E-state index is -0.322. The summed E-state index contributed by atoms with van der Waals surface area (Å²) < 4.78 is 18.0. The van der Waals surface area contributed by atoms with Gasteiger partial charge in [-0.1, -0.05) is 54.6 Å². The van der Waals surface area contributed by atoms with Crippen LogP contribution >= 0.6 is 0 Å². The summed E-state index contributed by atoms with van der Waals surface area (Å²) in [5, 5.41) is 0. The lowest BCUT2D eigenvalue weighted by molar-refractivity contribution is 0.00578. The van der Waals surface area contributed by atoms with Gasteiger partial charge in [-0.05, 0) is 76.6 Å². The van der Waals surface area contributed by atoms with Crippen molar-refractivity contribution in [3.63, 3.8) is 0 Å². The van der Waals surface area contributed by atoms with Crippen molar-refractivity contribution in [2.45, 2.75) is 70.4 Å². The SMILES string of the molecule is COc1ccc(CC(/C=C/CCCc2ccccc2)B2OC(C)(C)C(C)(C)O2)cc1. The quantitative estimate of drug-likeness (QED) is 0.279. The first-order valence-corrected chi connectivity index (χ1v) is 11.0. The van der Waals surface area contributed by atoms with E-state index in [0.717, 1.165) is 31.4 Å². The van der Waals surface area contributed by atoms with Crippen molar-refractivity contribution in [3.05, 3.63) is 77.9 Å². The summed E-state index contributed by atoms with van der Waals surface area (Å²) in [5.74, 6) is 1.04. The molecule has 3 rings (SSSR count). The molecular formula is C26H35BO3. The standard InChI is InChI=1S/C26H35BO3/c1-25(2)26(3,4)30-27(29-25)23(20-22-16-18-24(28-5)19-17-22)15-11-7-10-14-21-12-8-6-9-13-21/h6,8-9,11-13,15-19,23H,7,10,14,20H2,1-5H3/b15-11+. The van der Waals surface area contributed by atoms with Gasteiger partial charge >= 0.3 is 7.12 Å². The van der Waals surface area contributed by atoms with Crippen LogP contribution in [0.5, 0.6) is 5.75 Å². The first kappa shape index (κ1) is 22.6.